The summed E-state index contributed by atoms with van der Waals surface area (Å²) in [5.41, 5.74) is 10.9. The lowest BCUT2D eigenvalue weighted by Gasteiger charge is -2.37. The van der Waals surface area contributed by atoms with Crippen LogP contribution in [0.2, 0.25) is 0 Å². The van der Waals surface area contributed by atoms with Crippen LogP contribution in [0.5, 0.6) is 0 Å². The molecule has 1 aromatic carbocycles. The Labute approximate surface area is 130 Å². The van der Waals surface area contributed by atoms with Gasteiger partial charge < -0.3 is 0 Å². The van der Waals surface area contributed by atoms with E-state index in [1.54, 1.807) is 0 Å². The third kappa shape index (κ3) is 2.26. The Balaban J connectivity index is 1.92. The summed E-state index contributed by atoms with van der Waals surface area (Å²) in [6.07, 6.45) is 12.5. The maximum absolute atomic E-state index is 2.46. The average Bonchev–Trinajstić information content (AvgIpc) is 2.46. The smallest absolute Gasteiger partial charge is 0.0247 e. The molecular weight excluding hydrogens is 252 g/mol. The van der Waals surface area contributed by atoms with Gasteiger partial charge in [0, 0.05) is 0 Å². The first-order chi connectivity index (χ1) is 10.1. The van der Waals surface area contributed by atoms with Crippen molar-refractivity contribution in [2.24, 2.45) is 17.8 Å². The highest BCUT2D eigenvalue weighted by Gasteiger charge is 2.31. The molecule has 0 bridgehead atoms. The molecular formula is C21H30. The largest absolute Gasteiger partial charge is 0.0622 e. The molecule has 0 aliphatic heterocycles. The molecule has 3 atom stereocenters. The van der Waals surface area contributed by atoms with Gasteiger partial charge in [-0.25, -0.2) is 0 Å². The van der Waals surface area contributed by atoms with E-state index >= 15 is 0 Å². The van der Waals surface area contributed by atoms with Gasteiger partial charge in [-0.2, -0.15) is 0 Å². The fourth-order valence-electron chi connectivity index (χ4n) is 5.26. The average molecular weight is 282 g/mol. The van der Waals surface area contributed by atoms with E-state index in [4.69, 9.17) is 0 Å². The van der Waals surface area contributed by atoms with Crippen LogP contribution in [0.25, 0.3) is 0 Å². The van der Waals surface area contributed by atoms with E-state index < -0.39 is 0 Å². The van der Waals surface area contributed by atoms with E-state index in [0.29, 0.717) is 0 Å². The van der Waals surface area contributed by atoms with Gasteiger partial charge in [-0.1, -0.05) is 20.8 Å². The Bertz CT molecular complexity index is 464. The first kappa shape index (κ1) is 13.9. The molecule has 21 heavy (non-hydrogen) atoms. The second-order valence-corrected chi connectivity index (χ2v) is 8.42. The molecule has 0 saturated carbocycles. The Morgan fingerprint density at radius 1 is 0.476 bits per heavy atom. The summed E-state index contributed by atoms with van der Waals surface area (Å²) in [5, 5.41) is 0. The van der Waals surface area contributed by atoms with Crippen LogP contribution in [-0.2, 0) is 38.5 Å². The van der Waals surface area contributed by atoms with Crippen LogP contribution >= 0.6 is 0 Å². The minimum atomic E-state index is 0.903. The highest BCUT2D eigenvalue weighted by molar-refractivity contribution is 5.55. The maximum Gasteiger partial charge on any atom is -0.0247 e. The van der Waals surface area contributed by atoms with Gasteiger partial charge in [0.05, 0.1) is 0 Å². The van der Waals surface area contributed by atoms with Crippen molar-refractivity contribution in [3.63, 3.8) is 0 Å². The Morgan fingerprint density at radius 2 is 0.762 bits per heavy atom. The number of hydrogen-bond acceptors (Lipinski definition) is 0. The van der Waals surface area contributed by atoms with Crippen molar-refractivity contribution in [1.82, 2.24) is 0 Å². The molecule has 0 saturated heterocycles. The Kier molecular flexibility index (Phi) is 3.39. The van der Waals surface area contributed by atoms with Gasteiger partial charge in [0.15, 0.2) is 0 Å². The summed E-state index contributed by atoms with van der Waals surface area (Å²) in [6, 6.07) is 0. The molecule has 3 aliphatic carbocycles. The molecule has 0 spiro atoms. The molecule has 0 nitrogen and oxygen atoms in total. The molecule has 4 rings (SSSR count). The molecule has 0 heterocycles. The van der Waals surface area contributed by atoms with Crippen LogP contribution in [0, 0.1) is 17.8 Å². The highest BCUT2D eigenvalue weighted by atomic mass is 14.4. The van der Waals surface area contributed by atoms with E-state index in [2.05, 4.69) is 20.8 Å². The topological polar surface area (TPSA) is 0 Å². The molecule has 0 aromatic heterocycles. The lowest BCUT2D eigenvalue weighted by atomic mass is 9.68. The third-order valence-electron chi connectivity index (χ3n) is 6.50. The standard InChI is InChI=1S/C21H30/c1-13-4-7-16-19(10-13)17-8-5-14(2)12-21(17)18-9-6-15(3)11-20(16)18/h13-15H,4-12H2,1-3H3. The van der Waals surface area contributed by atoms with E-state index in [0.717, 1.165) is 17.8 Å². The molecule has 0 radical (unpaired) electrons. The first-order valence-electron chi connectivity index (χ1n) is 9.30. The maximum atomic E-state index is 2.46. The van der Waals surface area contributed by atoms with Gasteiger partial charge in [0.25, 0.3) is 0 Å². The molecule has 0 amide bonds. The van der Waals surface area contributed by atoms with Crippen molar-refractivity contribution in [2.75, 3.05) is 0 Å². The monoisotopic (exact) mass is 282 g/mol. The lowest BCUT2D eigenvalue weighted by Crippen LogP contribution is -2.26. The van der Waals surface area contributed by atoms with E-state index in [1.165, 1.54) is 57.8 Å². The number of benzene rings is 1. The molecule has 3 unspecified atom stereocenters. The fraction of sp³-hybridized carbons (Fsp3) is 0.714. The van der Waals surface area contributed by atoms with Crippen LogP contribution in [0.15, 0.2) is 0 Å². The summed E-state index contributed by atoms with van der Waals surface area (Å²) in [6.45, 7) is 7.38. The van der Waals surface area contributed by atoms with Crippen molar-refractivity contribution < 1.29 is 0 Å². The summed E-state index contributed by atoms with van der Waals surface area (Å²) in [7, 11) is 0. The van der Waals surface area contributed by atoms with Crippen molar-refractivity contribution in [1.29, 1.82) is 0 Å². The molecule has 3 aliphatic rings. The number of rotatable bonds is 0. The molecule has 114 valence electrons. The molecule has 0 N–H and O–H groups in total. The van der Waals surface area contributed by atoms with Gasteiger partial charge in [-0.05, 0) is 109 Å². The fourth-order valence-corrected chi connectivity index (χ4v) is 5.26. The zero-order chi connectivity index (χ0) is 14.6. The van der Waals surface area contributed by atoms with Gasteiger partial charge in [-0.15, -0.1) is 0 Å². The van der Waals surface area contributed by atoms with Crippen LogP contribution < -0.4 is 0 Å². The zero-order valence-corrected chi connectivity index (χ0v) is 14.1. The minimum Gasteiger partial charge on any atom is -0.0622 e. The van der Waals surface area contributed by atoms with Gasteiger partial charge in [0.1, 0.15) is 0 Å². The quantitative estimate of drug-likeness (QED) is 0.624. The molecule has 0 heteroatoms. The lowest BCUT2D eigenvalue weighted by molar-refractivity contribution is 0.447. The van der Waals surface area contributed by atoms with Gasteiger partial charge in [-0.3, -0.25) is 0 Å². The van der Waals surface area contributed by atoms with Gasteiger partial charge >= 0.3 is 0 Å². The second-order valence-electron chi connectivity index (χ2n) is 8.42. The van der Waals surface area contributed by atoms with E-state index in [-0.39, 0.29) is 0 Å². The SMILES string of the molecule is CC1CCc2c(c3c(c4c2CC(C)CC4)CC(C)CC3)C1. The third-order valence-corrected chi connectivity index (χ3v) is 6.50. The Hall–Kier alpha value is -0.780. The van der Waals surface area contributed by atoms with E-state index in [9.17, 15) is 0 Å². The van der Waals surface area contributed by atoms with Crippen LogP contribution in [-0.4, -0.2) is 0 Å². The normalized spacial score (nSPS) is 31.3. The predicted molar refractivity (Wildman–Crippen MR) is 90.0 cm³/mol. The molecule has 1 aromatic rings. The molecule has 0 fully saturated rings. The van der Waals surface area contributed by atoms with Crippen molar-refractivity contribution >= 4 is 0 Å². The van der Waals surface area contributed by atoms with Crippen LogP contribution in [0.3, 0.4) is 0 Å². The summed E-state index contributed by atoms with van der Waals surface area (Å²) in [4.78, 5) is 0. The van der Waals surface area contributed by atoms with Crippen LogP contribution in [0.1, 0.15) is 73.4 Å². The summed E-state index contributed by atoms with van der Waals surface area (Å²) in [5.74, 6) is 2.71. The van der Waals surface area contributed by atoms with Crippen molar-refractivity contribution in [3.05, 3.63) is 33.4 Å². The summed E-state index contributed by atoms with van der Waals surface area (Å²) >= 11 is 0. The highest BCUT2D eigenvalue weighted by Crippen LogP contribution is 2.43. The predicted octanol–water partition coefficient (Wildman–Crippen LogP) is 5.06. The number of fused-ring (bicyclic) bond motifs is 6. The first-order valence-corrected chi connectivity index (χ1v) is 9.30. The van der Waals surface area contributed by atoms with Gasteiger partial charge in [0.2, 0.25) is 0 Å². The number of hydrogen-bond donors (Lipinski definition) is 0. The van der Waals surface area contributed by atoms with E-state index in [1.807, 2.05) is 33.4 Å². The van der Waals surface area contributed by atoms with Crippen molar-refractivity contribution in [2.45, 2.75) is 78.6 Å². The summed E-state index contributed by atoms with van der Waals surface area (Å²) < 4.78 is 0. The second kappa shape index (κ2) is 5.14. The zero-order valence-electron chi connectivity index (χ0n) is 14.1. The Morgan fingerprint density at radius 3 is 1.05 bits per heavy atom. The van der Waals surface area contributed by atoms with Crippen LogP contribution in [0.4, 0.5) is 0 Å². The minimum absolute atomic E-state index is 0.903. The van der Waals surface area contributed by atoms with Crippen molar-refractivity contribution in [3.8, 4) is 0 Å².